The molecular formula is C21H24N6O3. The molecule has 0 saturated carbocycles. The number of aromatic nitrogens is 4. The van der Waals surface area contributed by atoms with Gasteiger partial charge in [-0.3, -0.25) is 4.79 Å². The smallest absolute Gasteiger partial charge is 0.337 e. The van der Waals surface area contributed by atoms with Gasteiger partial charge in [0.05, 0.1) is 19.7 Å². The lowest BCUT2D eigenvalue weighted by molar-refractivity contribution is 0.0600. The summed E-state index contributed by atoms with van der Waals surface area (Å²) >= 11 is 0. The normalized spacial score (nSPS) is 10.5. The van der Waals surface area contributed by atoms with Crippen LogP contribution >= 0.6 is 0 Å². The van der Waals surface area contributed by atoms with Gasteiger partial charge < -0.3 is 15.0 Å². The highest BCUT2D eigenvalue weighted by Crippen LogP contribution is 2.29. The van der Waals surface area contributed by atoms with E-state index in [9.17, 15) is 9.59 Å². The number of nitrogens with one attached hydrogen (secondary N) is 1. The van der Waals surface area contributed by atoms with Gasteiger partial charge in [-0.15, -0.1) is 10.2 Å². The maximum Gasteiger partial charge on any atom is 0.337 e. The van der Waals surface area contributed by atoms with Gasteiger partial charge in [0.1, 0.15) is 0 Å². The minimum Gasteiger partial charge on any atom is -0.465 e. The van der Waals surface area contributed by atoms with E-state index in [2.05, 4.69) is 20.7 Å². The van der Waals surface area contributed by atoms with Crippen molar-refractivity contribution in [3.8, 4) is 11.4 Å². The third-order valence-corrected chi connectivity index (χ3v) is 4.65. The van der Waals surface area contributed by atoms with E-state index in [1.54, 1.807) is 42.3 Å². The minimum absolute atomic E-state index is 0.00145. The van der Waals surface area contributed by atoms with Crippen molar-refractivity contribution in [1.82, 2.24) is 25.1 Å². The van der Waals surface area contributed by atoms with E-state index in [1.807, 2.05) is 26.0 Å². The Labute approximate surface area is 174 Å². The SMILES string of the molecule is CCN(CC)C(=O)c1ccc(Nc2ccc(C(=O)OC)cc2-c2nnn(C)n2)cc1. The number of esters is 1. The number of benzene rings is 2. The van der Waals surface area contributed by atoms with Crippen molar-refractivity contribution in [2.75, 3.05) is 25.5 Å². The second kappa shape index (κ2) is 9.17. The fourth-order valence-corrected chi connectivity index (χ4v) is 3.02. The van der Waals surface area contributed by atoms with Crippen molar-refractivity contribution >= 4 is 23.3 Å². The van der Waals surface area contributed by atoms with Gasteiger partial charge in [0.25, 0.3) is 5.91 Å². The number of hydrogen-bond acceptors (Lipinski definition) is 7. The van der Waals surface area contributed by atoms with E-state index in [0.717, 1.165) is 5.69 Å². The van der Waals surface area contributed by atoms with E-state index < -0.39 is 5.97 Å². The van der Waals surface area contributed by atoms with E-state index in [0.29, 0.717) is 41.3 Å². The summed E-state index contributed by atoms with van der Waals surface area (Å²) in [5.41, 5.74) is 3.08. The van der Waals surface area contributed by atoms with Crippen LogP contribution in [0.1, 0.15) is 34.6 Å². The molecule has 156 valence electrons. The fraction of sp³-hybridized carbons (Fsp3) is 0.286. The van der Waals surface area contributed by atoms with Gasteiger partial charge in [-0.25, -0.2) is 4.79 Å². The number of ether oxygens (including phenoxy) is 1. The summed E-state index contributed by atoms with van der Waals surface area (Å²) in [5.74, 6) is -0.0801. The molecule has 3 rings (SSSR count). The van der Waals surface area contributed by atoms with Crippen LogP contribution in [0.2, 0.25) is 0 Å². The summed E-state index contributed by atoms with van der Waals surface area (Å²) in [4.78, 5) is 27.5. The molecule has 0 spiro atoms. The average Bonchev–Trinajstić information content (AvgIpc) is 3.20. The Hall–Kier alpha value is -3.75. The molecule has 1 heterocycles. The van der Waals surface area contributed by atoms with E-state index in [-0.39, 0.29) is 5.91 Å². The topological polar surface area (TPSA) is 102 Å². The van der Waals surface area contributed by atoms with Crippen molar-refractivity contribution in [3.05, 3.63) is 53.6 Å². The van der Waals surface area contributed by atoms with Crippen molar-refractivity contribution in [3.63, 3.8) is 0 Å². The van der Waals surface area contributed by atoms with Crippen molar-refractivity contribution in [2.24, 2.45) is 7.05 Å². The van der Waals surface area contributed by atoms with Gasteiger partial charge in [0.15, 0.2) is 0 Å². The van der Waals surface area contributed by atoms with Crippen LogP contribution in [0.4, 0.5) is 11.4 Å². The van der Waals surface area contributed by atoms with Crippen LogP contribution in [-0.4, -0.2) is 57.2 Å². The molecule has 2 aromatic carbocycles. The molecule has 1 aromatic heterocycles. The minimum atomic E-state index is -0.453. The number of amides is 1. The summed E-state index contributed by atoms with van der Waals surface area (Å²) in [7, 11) is 3.00. The zero-order valence-electron chi connectivity index (χ0n) is 17.4. The zero-order valence-corrected chi connectivity index (χ0v) is 17.4. The number of rotatable bonds is 7. The van der Waals surface area contributed by atoms with Gasteiger partial charge in [-0.1, -0.05) is 0 Å². The van der Waals surface area contributed by atoms with Gasteiger partial charge in [-0.05, 0) is 61.5 Å². The Balaban J connectivity index is 1.90. The molecule has 0 radical (unpaired) electrons. The first-order valence-corrected chi connectivity index (χ1v) is 9.59. The fourth-order valence-electron chi connectivity index (χ4n) is 3.02. The van der Waals surface area contributed by atoms with E-state index in [4.69, 9.17) is 4.74 Å². The number of tetrazole rings is 1. The average molecular weight is 408 g/mol. The van der Waals surface area contributed by atoms with Crippen LogP contribution in [0.3, 0.4) is 0 Å². The molecule has 0 aliphatic heterocycles. The molecule has 3 aromatic rings. The maximum atomic E-state index is 12.5. The number of carbonyl (C=O) groups is 2. The Bertz CT molecular complexity index is 1040. The lowest BCUT2D eigenvalue weighted by Crippen LogP contribution is -2.30. The standard InChI is InChI=1S/C21H24N6O3/c1-5-27(6-2)20(28)14-7-10-16(11-8-14)22-18-12-9-15(21(29)30-4)13-17(18)19-23-25-26(3)24-19/h7-13,22H,5-6H2,1-4H3. The molecular weight excluding hydrogens is 384 g/mol. The number of nitrogens with zero attached hydrogens (tertiary/aromatic N) is 5. The van der Waals surface area contributed by atoms with Crippen molar-refractivity contribution in [2.45, 2.75) is 13.8 Å². The highest BCUT2D eigenvalue weighted by atomic mass is 16.5. The second-order valence-electron chi connectivity index (χ2n) is 6.53. The summed E-state index contributed by atoms with van der Waals surface area (Å²) in [6.45, 7) is 5.24. The number of hydrogen-bond donors (Lipinski definition) is 1. The van der Waals surface area contributed by atoms with Crippen molar-refractivity contribution < 1.29 is 14.3 Å². The van der Waals surface area contributed by atoms with Gasteiger partial charge in [-0.2, -0.15) is 4.80 Å². The summed E-state index contributed by atoms with van der Waals surface area (Å²) < 4.78 is 4.81. The molecule has 9 nitrogen and oxygen atoms in total. The predicted octanol–water partition coefficient (Wildman–Crippen LogP) is 2.89. The van der Waals surface area contributed by atoms with E-state index >= 15 is 0 Å². The molecule has 0 atom stereocenters. The molecule has 0 fully saturated rings. The molecule has 0 aliphatic rings. The van der Waals surface area contributed by atoms with Gasteiger partial charge >= 0.3 is 5.97 Å². The van der Waals surface area contributed by atoms with Crippen LogP contribution in [0, 0.1) is 0 Å². The summed E-state index contributed by atoms with van der Waals surface area (Å²) in [6, 6.07) is 12.3. The highest BCUT2D eigenvalue weighted by molar-refractivity contribution is 5.95. The Morgan fingerprint density at radius 1 is 1.07 bits per heavy atom. The lowest BCUT2D eigenvalue weighted by Gasteiger charge is -2.19. The molecule has 0 bridgehead atoms. The molecule has 0 saturated heterocycles. The molecule has 9 heteroatoms. The van der Waals surface area contributed by atoms with Crippen LogP contribution in [0.15, 0.2) is 42.5 Å². The first kappa shape index (κ1) is 21.0. The van der Waals surface area contributed by atoms with Crippen LogP contribution in [-0.2, 0) is 11.8 Å². The molecule has 30 heavy (non-hydrogen) atoms. The summed E-state index contributed by atoms with van der Waals surface area (Å²) in [5, 5.41) is 15.4. The Kier molecular flexibility index (Phi) is 6.41. The molecule has 1 N–H and O–H groups in total. The van der Waals surface area contributed by atoms with Crippen molar-refractivity contribution in [1.29, 1.82) is 0 Å². The Morgan fingerprint density at radius 2 is 1.73 bits per heavy atom. The number of carbonyl (C=O) groups excluding carboxylic acids is 2. The molecule has 0 unspecified atom stereocenters. The predicted molar refractivity (Wildman–Crippen MR) is 113 cm³/mol. The van der Waals surface area contributed by atoms with Crippen LogP contribution in [0.5, 0.6) is 0 Å². The third-order valence-electron chi connectivity index (χ3n) is 4.65. The monoisotopic (exact) mass is 408 g/mol. The lowest BCUT2D eigenvalue weighted by atomic mass is 10.1. The maximum absolute atomic E-state index is 12.5. The second-order valence-corrected chi connectivity index (χ2v) is 6.53. The number of methoxy groups -OCH3 is 1. The van der Waals surface area contributed by atoms with Gasteiger partial charge in [0.2, 0.25) is 5.82 Å². The van der Waals surface area contributed by atoms with Crippen LogP contribution in [0.25, 0.3) is 11.4 Å². The number of anilines is 2. The van der Waals surface area contributed by atoms with Crippen LogP contribution < -0.4 is 5.32 Å². The first-order valence-electron chi connectivity index (χ1n) is 9.59. The largest absolute Gasteiger partial charge is 0.465 e. The summed E-state index contributed by atoms with van der Waals surface area (Å²) in [6.07, 6.45) is 0. The quantitative estimate of drug-likeness (QED) is 0.600. The highest BCUT2D eigenvalue weighted by Gasteiger charge is 2.16. The first-order chi connectivity index (χ1) is 14.5. The number of aryl methyl sites for hydroxylation is 1. The third kappa shape index (κ3) is 4.45. The molecule has 1 amide bonds. The van der Waals surface area contributed by atoms with E-state index in [1.165, 1.54) is 11.9 Å². The van der Waals surface area contributed by atoms with Gasteiger partial charge in [0, 0.05) is 35.6 Å². The molecule has 0 aliphatic carbocycles. The zero-order chi connectivity index (χ0) is 21.7. The Morgan fingerprint density at radius 3 is 2.30 bits per heavy atom.